The lowest BCUT2D eigenvalue weighted by Crippen LogP contribution is -2.39. The molecule has 4 heterocycles. The number of hydrogen-bond donors (Lipinski definition) is 2. The molecule has 1 aromatic carbocycles. The molecule has 0 radical (unpaired) electrons. The van der Waals surface area contributed by atoms with Crippen LogP contribution in [0.5, 0.6) is 5.75 Å². The number of rotatable bonds is 5. The highest BCUT2D eigenvalue weighted by atomic mass is 32.1. The van der Waals surface area contributed by atoms with E-state index >= 15 is 0 Å². The molecule has 3 aromatic rings. The molecule has 0 saturated carbocycles. The summed E-state index contributed by atoms with van der Waals surface area (Å²) in [7, 11) is 1.60. The number of likely N-dealkylation sites (tertiary alicyclic amines) is 1. The molecule has 9 nitrogen and oxygen atoms in total. The largest absolute Gasteiger partial charge is 0.497 e. The van der Waals surface area contributed by atoms with Gasteiger partial charge in [-0.05, 0) is 49.2 Å². The Morgan fingerprint density at radius 2 is 2.15 bits per heavy atom. The summed E-state index contributed by atoms with van der Waals surface area (Å²) < 4.78 is 5.29. The Morgan fingerprint density at radius 1 is 1.32 bits per heavy atom. The third-order valence-corrected chi connectivity index (χ3v) is 7.20. The molecule has 0 spiro atoms. The van der Waals surface area contributed by atoms with Crippen LogP contribution >= 0.6 is 11.3 Å². The van der Waals surface area contributed by atoms with Crippen LogP contribution in [0.3, 0.4) is 0 Å². The standard InChI is InChI=1S/C24H23N5O4S/c1-4-18(30)28-10-8-14(12-28)26-22(31)21-20-19-17(7-9-25-23(19)34-21)29(24(32)27-20)16-6-5-15(33-3)11-13(16)2/h4-7,9,11,14H,1,8,10,12H2,2-3H3,(H,26,31)(H,27,32)/t14-/m1/s1. The van der Waals surface area contributed by atoms with Crippen molar-refractivity contribution in [3.63, 3.8) is 0 Å². The minimum Gasteiger partial charge on any atom is -0.497 e. The second kappa shape index (κ2) is 8.45. The van der Waals surface area contributed by atoms with Crippen LogP contribution in [0, 0.1) is 6.92 Å². The fourth-order valence-electron chi connectivity index (χ4n) is 4.45. The zero-order valence-corrected chi connectivity index (χ0v) is 19.6. The zero-order valence-electron chi connectivity index (χ0n) is 18.8. The minimum absolute atomic E-state index is 0.149. The minimum atomic E-state index is -0.357. The van der Waals surface area contributed by atoms with E-state index in [0.717, 1.165) is 10.9 Å². The van der Waals surface area contributed by atoms with Gasteiger partial charge in [0.15, 0.2) is 0 Å². The first-order chi connectivity index (χ1) is 16.4. The van der Waals surface area contributed by atoms with E-state index in [1.165, 1.54) is 17.4 Å². The number of aryl methyl sites for hydroxylation is 1. The normalized spacial score (nSPS) is 17.0. The van der Waals surface area contributed by atoms with Crippen molar-refractivity contribution in [2.45, 2.75) is 19.4 Å². The molecule has 5 rings (SSSR count). The van der Waals surface area contributed by atoms with Crippen LogP contribution in [0.15, 0.2) is 43.1 Å². The lowest BCUT2D eigenvalue weighted by atomic mass is 10.1. The van der Waals surface area contributed by atoms with Gasteiger partial charge < -0.3 is 20.3 Å². The lowest BCUT2D eigenvalue weighted by Gasteiger charge is -2.29. The summed E-state index contributed by atoms with van der Waals surface area (Å²) in [6.45, 7) is 6.42. The maximum atomic E-state index is 13.3. The molecule has 1 saturated heterocycles. The molecule has 1 fully saturated rings. The van der Waals surface area contributed by atoms with Gasteiger partial charge in [-0.25, -0.2) is 9.78 Å². The average Bonchev–Trinajstić information content (AvgIpc) is 3.45. The molecule has 2 aromatic heterocycles. The number of anilines is 3. The quantitative estimate of drug-likeness (QED) is 0.544. The van der Waals surface area contributed by atoms with Gasteiger partial charge in [-0.1, -0.05) is 6.58 Å². The molecule has 4 amide bonds. The zero-order chi connectivity index (χ0) is 24.0. The SMILES string of the molecule is C=CC(=O)N1CC[C@@H](NC(=O)c2sc3nccc4c3c2NC(=O)N4c2ccc(OC)cc2C)C1. The predicted molar refractivity (Wildman–Crippen MR) is 131 cm³/mol. The van der Waals surface area contributed by atoms with Crippen molar-refractivity contribution in [3.8, 4) is 5.75 Å². The van der Waals surface area contributed by atoms with Crippen LogP contribution in [0.25, 0.3) is 10.2 Å². The molecule has 1 atom stereocenters. The molecule has 34 heavy (non-hydrogen) atoms. The number of nitrogens with zero attached hydrogens (tertiary/aromatic N) is 3. The number of nitrogens with one attached hydrogen (secondary N) is 2. The Labute approximate surface area is 200 Å². The molecule has 174 valence electrons. The lowest BCUT2D eigenvalue weighted by molar-refractivity contribution is -0.125. The van der Waals surface area contributed by atoms with Gasteiger partial charge in [-0.15, -0.1) is 11.3 Å². The number of hydrogen-bond acceptors (Lipinski definition) is 6. The van der Waals surface area contributed by atoms with Gasteiger partial charge >= 0.3 is 6.03 Å². The molecule has 0 unspecified atom stereocenters. The van der Waals surface area contributed by atoms with Crippen molar-refractivity contribution in [1.29, 1.82) is 0 Å². The highest BCUT2D eigenvalue weighted by Crippen LogP contribution is 2.46. The van der Waals surface area contributed by atoms with Gasteiger partial charge in [0.2, 0.25) is 5.91 Å². The van der Waals surface area contributed by atoms with Crippen molar-refractivity contribution in [2.24, 2.45) is 0 Å². The van der Waals surface area contributed by atoms with Crippen LogP contribution < -0.4 is 20.3 Å². The number of pyridine rings is 1. The van der Waals surface area contributed by atoms with Crippen molar-refractivity contribution < 1.29 is 19.1 Å². The summed E-state index contributed by atoms with van der Waals surface area (Å²) >= 11 is 1.23. The maximum Gasteiger partial charge on any atom is 0.331 e. The molecule has 2 N–H and O–H groups in total. The summed E-state index contributed by atoms with van der Waals surface area (Å²) in [5.41, 5.74) is 2.71. The third kappa shape index (κ3) is 3.56. The second-order valence-corrected chi connectivity index (χ2v) is 9.18. The van der Waals surface area contributed by atoms with E-state index in [2.05, 4.69) is 22.2 Å². The van der Waals surface area contributed by atoms with Crippen molar-refractivity contribution >= 4 is 56.5 Å². The number of methoxy groups -OCH3 is 1. The molecule has 0 bridgehead atoms. The summed E-state index contributed by atoms with van der Waals surface area (Å²) in [6.07, 6.45) is 3.57. The fraction of sp³-hybridized carbons (Fsp3) is 0.250. The van der Waals surface area contributed by atoms with Crippen LogP contribution in [-0.2, 0) is 4.79 Å². The van der Waals surface area contributed by atoms with Crippen LogP contribution in [0.2, 0.25) is 0 Å². The highest BCUT2D eigenvalue weighted by molar-refractivity contribution is 7.21. The summed E-state index contributed by atoms with van der Waals surface area (Å²) in [4.78, 5) is 47.0. The average molecular weight is 478 g/mol. The van der Waals surface area contributed by atoms with E-state index in [-0.39, 0.29) is 23.9 Å². The van der Waals surface area contributed by atoms with E-state index in [0.29, 0.717) is 52.0 Å². The van der Waals surface area contributed by atoms with Gasteiger partial charge in [0.25, 0.3) is 5.91 Å². The number of aromatic nitrogens is 1. The van der Waals surface area contributed by atoms with E-state index in [1.54, 1.807) is 35.2 Å². The first kappa shape index (κ1) is 21.9. The first-order valence-corrected chi connectivity index (χ1v) is 11.6. The molecule has 10 heteroatoms. The predicted octanol–water partition coefficient (Wildman–Crippen LogP) is 3.81. The van der Waals surface area contributed by atoms with Crippen LogP contribution in [0.1, 0.15) is 21.7 Å². The van der Waals surface area contributed by atoms with Crippen LogP contribution in [0.4, 0.5) is 21.9 Å². The Bertz CT molecular complexity index is 1350. The molecular formula is C24H23N5O4S. The number of ether oxygens (including phenoxy) is 1. The maximum absolute atomic E-state index is 13.3. The number of carbonyl (C=O) groups excluding carboxylic acids is 3. The summed E-state index contributed by atoms with van der Waals surface area (Å²) in [5, 5.41) is 6.63. The van der Waals surface area contributed by atoms with E-state index in [4.69, 9.17) is 4.74 Å². The smallest absolute Gasteiger partial charge is 0.331 e. The number of thiophene rings is 1. The molecular weight excluding hydrogens is 454 g/mol. The van der Waals surface area contributed by atoms with Gasteiger partial charge in [0, 0.05) is 25.3 Å². The number of amides is 4. The molecule has 0 aliphatic carbocycles. The van der Waals surface area contributed by atoms with Gasteiger partial charge in [-0.2, -0.15) is 0 Å². The van der Waals surface area contributed by atoms with Gasteiger partial charge in [-0.3, -0.25) is 14.5 Å². The van der Waals surface area contributed by atoms with Gasteiger partial charge in [0.1, 0.15) is 15.5 Å². The van der Waals surface area contributed by atoms with Gasteiger partial charge in [0.05, 0.1) is 29.6 Å². The van der Waals surface area contributed by atoms with E-state index in [9.17, 15) is 14.4 Å². The monoisotopic (exact) mass is 477 g/mol. The van der Waals surface area contributed by atoms with Crippen LogP contribution in [-0.4, -0.2) is 54.0 Å². The Kier molecular flexibility index (Phi) is 5.45. The first-order valence-electron chi connectivity index (χ1n) is 10.8. The Balaban J connectivity index is 1.49. The highest BCUT2D eigenvalue weighted by Gasteiger charge is 2.34. The number of carbonyl (C=O) groups is 3. The topological polar surface area (TPSA) is 104 Å². The summed E-state index contributed by atoms with van der Waals surface area (Å²) in [5.74, 6) is 0.258. The van der Waals surface area contributed by atoms with Crippen molar-refractivity contribution in [3.05, 3.63) is 53.6 Å². The number of benzene rings is 1. The molecule has 2 aliphatic rings. The van der Waals surface area contributed by atoms with E-state index < -0.39 is 0 Å². The summed E-state index contributed by atoms with van der Waals surface area (Å²) in [6, 6.07) is 6.76. The fourth-order valence-corrected chi connectivity index (χ4v) is 5.47. The second-order valence-electron chi connectivity index (χ2n) is 8.18. The van der Waals surface area contributed by atoms with E-state index in [1.807, 2.05) is 19.1 Å². The Hall–Kier alpha value is -3.92. The Morgan fingerprint density at radius 3 is 2.88 bits per heavy atom. The number of urea groups is 1. The third-order valence-electron chi connectivity index (χ3n) is 6.11. The van der Waals surface area contributed by atoms with Crippen molar-refractivity contribution in [2.75, 3.05) is 30.4 Å². The van der Waals surface area contributed by atoms with Crippen molar-refractivity contribution in [1.82, 2.24) is 15.2 Å². The molecule has 2 aliphatic heterocycles.